The number of nitrogens with two attached hydrogens (primary N) is 1. The lowest BCUT2D eigenvalue weighted by atomic mass is 9.92. The van der Waals surface area contributed by atoms with E-state index in [0.29, 0.717) is 0 Å². The molecule has 1 heterocycles. The average Bonchev–Trinajstić information content (AvgIpc) is 2.35. The van der Waals surface area contributed by atoms with Crippen molar-refractivity contribution in [2.45, 2.75) is 13.8 Å². The minimum atomic E-state index is -0.879. The second-order valence-electron chi connectivity index (χ2n) is 4.73. The molecule has 6 nitrogen and oxygen atoms in total. The summed E-state index contributed by atoms with van der Waals surface area (Å²) in [4.78, 5) is 26.8. The first-order valence-electron chi connectivity index (χ1n) is 5.69. The molecule has 0 unspecified atom stereocenters. The molecule has 0 spiro atoms. The van der Waals surface area contributed by atoms with Gasteiger partial charge in [-0.05, 0) is 19.9 Å². The lowest BCUT2D eigenvalue weighted by molar-refractivity contribution is -0.125. The van der Waals surface area contributed by atoms with Gasteiger partial charge in [0.15, 0.2) is 0 Å². The number of anilines is 1. The van der Waals surface area contributed by atoms with Crippen molar-refractivity contribution in [3.05, 3.63) is 23.6 Å². The van der Waals surface area contributed by atoms with E-state index in [1.165, 1.54) is 0 Å². The summed E-state index contributed by atoms with van der Waals surface area (Å²) >= 11 is 0. The maximum absolute atomic E-state index is 13.1. The predicted molar refractivity (Wildman–Crippen MR) is 69.1 cm³/mol. The smallest absolute Gasteiger partial charge is 0.255 e. The van der Waals surface area contributed by atoms with Gasteiger partial charge in [0, 0.05) is 13.6 Å². The second-order valence-corrected chi connectivity index (χ2v) is 4.73. The summed E-state index contributed by atoms with van der Waals surface area (Å²) in [6, 6.07) is 1.07. The van der Waals surface area contributed by atoms with Crippen LogP contribution in [0.1, 0.15) is 24.2 Å². The number of carbonyl (C=O) groups is 2. The van der Waals surface area contributed by atoms with Gasteiger partial charge in [-0.25, -0.2) is 9.37 Å². The van der Waals surface area contributed by atoms with Gasteiger partial charge in [0.1, 0.15) is 11.6 Å². The fourth-order valence-corrected chi connectivity index (χ4v) is 1.30. The summed E-state index contributed by atoms with van der Waals surface area (Å²) < 4.78 is 13.1. The van der Waals surface area contributed by atoms with Crippen molar-refractivity contribution >= 4 is 17.6 Å². The van der Waals surface area contributed by atoms with Crippen LogP contribution in [0.3, 0.4) is 0 Å². The van der Waals surface area contributed by atoms with E-state index in [4.69, 9.17) is 5.73 Å². The van der Waals surface area contributed by atoms with Crippen molar-refractivity contribution in [1.29, 1.82) is 0 Å². The van der Waals surface area contributed by atoms with E-state index >= 15 is 0 Å². The second kappa shape index (κ2) is 5.64. The third-order valence-electron chi connectivity index (χ3n) is 2.69. The monoisotopic (exact) mass is 268 g/mol. The van der Waals surface area contributed by atoms with Crippen molar-refractivity contribution in [3.63, 3.8) is 0 Å². The van der Waals surface area contributed by atoms with Gasteiger partial charge in [-0.3, -0.25) is 9.59 Å². The predicted octanol–water partition coefficient (Wildman–Crippen LogP) is 0.504. The summed E-state index contributed by atoms with van der Waals surface area (Å²) in [5.41, 5.74) is 4.39. The average molecular weight is 268 g/mol. The van der Waals surface area contributed by atoms with E-state index in [1.807, 2.05) is 0 Å². The molecule has 4 N–H and O–H groups in total. The summed E-state index contributed by atoms with van der Waals surface area (Å²) in [5, 5.41) is 5.23. The third-order valence-corrected chi connectivity index (χ3v) is 2.69. The third kappa shape index (κ3) is 3.64. The largest absolute Gasteiger partial charge is 0.372 e. The summed E-state index contributed by atoms with van der Waals surface area (Å²) in [6.45, 7) is 3.28. The number of rotatable bonds is 5. The van der Waals surface area contributed by atoms with Crippen LogP contribution in [0.5, 0.6) is 0 Å². The molecule has 1 rings (SSSR count). The van der Waals surface area contributed by atoms with E-state index in [9.17, 15) is 14.0 Å². The van der Waals surface area contributed by atoms with Gasteiger partial charge >= 0.3 is 0 Å². The Kier molecular flexibility index (Phi) is 4.42. The van der Waals surface area contributed by atoms with Crippen LogP contribution in [0.15, 0.2) is 12.3 Å². The minimum Gasteiger partial charge on any atom is -0.372 e. The molecule has 0 aliphatic carbocycles. The Morgan fingerprint density at radius 1 is 1.47 bits per heavy atom. The number of halogens is 1. The number of hydrogen-bond acceptors (Lipinski definition) is 4. The Balaban J connectivity index is 2.84. The minimum absolute atomic E-state index is 0.0564. The fraction of sp³-hybridized carbons (Fsp3) is 0.417. The van der Waals surface area contributed by atoms with Crippen molar-refractivity contribution in [3.8, 4) is 0 Å². The van der Waals surface area contributed by atoms with E-state index in [-0.39, 0.29) is 17.9 Å². The molecular formula is C12H17FN4O2. The molecular weight excluding hydrogens is 251 g/mol. The highest BCUT2D eigenvalue weighted by Gasteiger charge is 2.26. The zero-order valence-electron chi connectivity index (χ0n) is 11.1. The molecule has 0 saturated carbocycles. The number of aromatic nitrogens is 1. The first-order chi connectivity index (χ1) is 8.77. The molecule has 1 aromatic heterocycles. The van der Waals surface area contributed by atoms with Crippen LogP contribution in [0.4, 0.5) is 10.2 Å². The Bertz CT molecular complexity index is 503. The van der Waals surface area contributed by atoms with Crippen LogP contribution in [0.2, 0.25) is 0 Å². The highest BCUT2D eigenvalue weighted by atomic mass is 19.1. The number of nitrogens with zero attached hydrogens (tertiary/aromatic N) is 1. The van der Waals surface area contributed by atoms with Crippen LogP contribution in [0, 0.1) is 11.2 Å². The SMILES string of the molecule is CNc1ncc(F)cc1C(=O)NCC(C)(C)C(N)=O. The Morgan fingerprint density at radius 2 is 2.11 bits per heavy atom. The van der Waals surface area contributed by atoms with Gasteiger partial charge in [0.25, 0.3) is 5.91 Å². The maximum atomic E-state index is 13.1. The van der Waals surface area contributed by atoms with E-state index in [1.54, 1.807) is 20.9 Å². The molecule has 7 heteroatoms. The van der Waals surface area contributed by atoms with Gasteiger partial charge in [0.05, 0.1) is 17.2 Å². The number of nitrogens with one attached hydrogen (secondary N) is 2. The number of primary amides is 1. The highest BCUT2D eigenvalue weighted by Crippen LogP contribution is 2.15. The Labute approximate surface area is 110 Å². The van der Waals surface area contributed by atoms with Crippen LogP contribution >= 0.6 is 0 Å². The standard InChI is InChI=1S/C12H17FN4O2/c1-12(2,11(14)19)6-17-10(18)8-4-7(13)5-16-9(8)15-3/h4-5H,6H2,1-3H3,(H2,14,19)(H,15,16)(H,17,18). The molecule has 2 amide bonds. The molecule has 0 bridgehead atoms. The molecule has 0 aromatic carbocycles. The first kappa shape index (κ1) is 14.9. The molecule has 19 heavy (non-hydrogen) atoms. The first-order valence-corrected chi connectivity index (χ1v) is 5.69. The lowest BCUT2D eigenvalue weighted by Gasteiger charge is -2.21. The molecule has 0 atom stereocenters. The lowest BCUT2D eigenvalue weighted by Crippen LogP contribution is -2.42. The van der Waals surface area contributed by atoms with Gasteiger partial charge in [0.2, 0.25) is 5.91 Å². The van der Waals surface area contributed by atoms with Crippen molar-refractivity contribution in [1.82, 2.24) is 10.3 Å². The zero-order chi connectivity index (χ0) is 14.6. The molecule has 0 saturated heterocycles. The van der Waals surface area contributed by atoms with E-state index in [0.717, 1.165) is 12.3 Å². The van der Waals surface area contributed by atoms with Crippen molar-refractivity contribution in [2.24, 2.45) is 11.1 Å². The van der Waals surface area contributed by atoms with Crippen LogP contribution in [0.25, 0.3) is 0 Å². The van der Waals surface area contributed by atoms with Gasteiger partial charge < -0.3 is 16.4 Å². The summed E-state index contributed by atoms with van der Waals surface area (Å²) in [5.74, 6) is -1.40. The van der Waals surface area contributed by atoms with E-state index in [2.05, 4.69) is 15.6 Å². The fourth-order valence-electron chi connectivity index (χ4n) is 1.30. The highest BCUT2D eigenvalue weighted by molar-refractivity contribution is 5.99. The molecule has 0 radical (unpaired) electrons. The number of carbonyl (C=O) groups excluding carboxylic acids is 2. The number of pyridine rings is 1. The maximum Gasteiger partial charge on any atom is 0.255 e. The Hall–Kier alpha value is -2.18. The molecule has 0 aliphatic rings. The normalized spacial score (nSPS) is 10.9. The van der Waals surface area contributed by atoms with Crippen LogP contribution in [-0.4, -0.2) is 30.4 Å². The van der Waals surface area contributed by atoms with Gasteiger partial charge in [-0.15, -0.1) is 0 Å². The molecule has 104 valence electrons. The molecule has 0 aliphatic heterocycles. The topological polar surface area (TPSA) is 97.1 Å². The number of amides is 2. The molecule has 0 fully saturated rings. The summed E-state index contributed by atoms with van der Waals surface area (Å²) in [6.07, 6.45) is 1.01. The summed E-state index contributed by atoms with van der Waals surface area (Å²) in [7, 11) is 1.57. The zero-order valence-corrected chi connectivity index (χ0v) is 11.1. The van der Waals surface area contributed by atoms with Crippen LogP contribution < -0.4 is 16.4 Å². The van der Waals surface area contributed by atoms with Crippen molar-refractivity contribution in [2.75, 3.05) is 18.9 Å². The molecule has 1 aromatic rings. The van der Waals surface area contributed by atoms with Gasteiger partial charge in [-0.2, -0.15) is 0 Å². The quantitative estimate of drug-likeness (QED) is 0.724. The number of hydrogen-bond donors (Lipinski definition) is 3. The Morgan fingerprint density at radius 3 is 2.63 bits per heavy atom. The van der Waals surface area contributed by atoms with Crippen molar-refractivity contribution < 1.29 is 14.0 Å². The van der Waals surface area contributed by atoms with Crippen LogP contribution in [-0.2, 0) is 4.79 Å². The van der Waals surface area contributed by atoms with Gasteiger partial charge in [-0.1, -0.05) is 0 Å². The van der Waals surface area contributed by atoms with E-state index < -0.39 is 23.0 Å².